The topological polar surface area (TPSA) is 24.7 Å². The van der Waals surface area contributed by atoms with E-state index in [4.69, 9.17) is 0 Å². The molecule has 0 radical (unpaired) electrons. The standard InChI is InChI=1S/C8H14N2/c1-7(2)8(5-9-3)6-10-4/h5-7H,3H2,1-2,4H3/b8-5+,10-6?. The molecule has 2 nitrogen and oxygen atoms in total. The summed E-state index contributed by atoms with van der Waals surface area (Å²) >= 11 is 0. The summed E-state index contributed by atoms with van der Waals surface area (Å²) in [7, 11) is 1.75. The van der Waals surface area contributed by atoms with Gasteiger partial charge in [-0.25, -0.2) is 0 Å². The van der Waals surface area contributed by atoms with Crippen molar-refractivity contribution in [3.05, 3.63) is 11.8 Å². The summed E-state index contributed by atoms with van der Waals surface area (Å²) in [6, 6.07) is 0. The lowest BCUT2D eigenvalue weighted by molar-refractivity contribution is 0.803. The molecule has 0 heterocycles. The van der Waals surface area contributed by atoms with Crippen LogP contribution in [-0.4, -0.2) is 20.0 Å². The van der Waals surface area contributed by atoms with Gasteiger partial charge in [0.15, 0.2) is 0 Å². The van der Waals surface area contributed by atoms with Gasteiger partial charge in [-0.15, -0.1) is 0 Å². The minimum Gasteiger partial charge on any atom is -0.296 e. The van der Waals surface area contributed by atoms with Gasteiger partial charge in [0.2, 0.25) is 0 Å². The first kappa shape index (κ1) is 9.08. The van der Waals surface area contributed by atoms with E-state index in [1.807, 2.05) is 0 Å². The van der Waals surface area contributed by atoms with Crippen molar-refractivity contribution in [1.82, 2.24) is 0 Å². The highest BCUT2D eigenvalue weighted by atomic mass is 14.7. The van der Waals surface area contributed by atoms with Crippen molar-refractivity contribution in [3.63, 3.8) is 0 Å². The second kappa shape index (κ2) is 4.91. The van der Waals surface area contributed by atoms with E-state index in [9.17, 15) is 0 Å². The van der Waals surface area contributed by atoms with Crippen molar-refractivity contribution in [3.8, 4) is 0 Å². The Labute approximate surface area is 62.4 Å². The lowest BCUT2D eigenvalue weighted by Crippen LogP contribution is -1.94. The van der Waals surface area contributed by atoms with Gasteiger partial charge in [0, 0.05) is 19.5 Å². The average molecular weight is 138 g/mol. The van der Waals surface area contributed by atoms with Gasteiger partial charge in [0.1, 0.15) is 0 Å². The van der Waals surface area contributed by atoms with E-state index in [1.165, 1.54) is 0 Å². The van der Waals surface area contributed by atoms with Gasteiger partial charge in [-0.1, -0.05) is 13.8 Å². The molecule has 0 rings (SSSR count). The quantitative estimate of drug-likeness (QED) is 0.532. The van der Waals surface area contributed by atoms with Crippen LogP contribution in [0, 0.1) is 5.92 Å². The van der Waals surface area contributed by atoms with E-state index in [0.717, 1.165) is 5.57 Å². The molecule has 0 saturated heterocycles. The minimum absolute atomic E-state index is 0.467. The molecule has 0 unspecified atom stereocenters. The summed E-state index contributed by atoms with van der Waals surface area (Å²) in [6.45, 7) is 7.57. The van der Waals surface area contributed by atoms with Crippen molar-refractivity contribution in [2.75, 3.05) is 7.05 Å². The van der Waals surface area contributed by atoms with Crippen LogP contribution in [0.4, 0.5) is 0 Å². The number of allylic oxidation sites excluding steroid dienone is 1. The molecule has 0 aliphatic rings. The van der Waals surface area contributed by atoms with Gasteiger partial charge < -0.3 is 0 Å². The third-order valence-electron chi connectivity index (χ3n) is 1.19. The van der Waals surface area contributed by atoms with E-state index in [1.54, 1.807) is 19.5 Å². The van der Waals surface area contributed by atoms with Gasteiger partial charge in [0.05, 0.1) is 0 Å². The zero-order valence-corrected chi connectivity index (χ0v) is 6.83. The smallest absolute Gasteiger partial charge is 0.0310 e. The molecule has 2 heteroatoms. The number of aliphatic imine (C=N–C) groups is 2. The minimum atomic E-state index is 0.467. The molecule has 0 aliphatic heterocycles. The SMILES string of the molecule is C=N/C=C(\C=NC)C(C)C. The van der Waals surface area contributed by atoms with Crippen molar-refractivity contribution in [1.29, 1.82) is 0 Å². The number of nitrogens with zero attached hydrogens (tertiary/aromatic N) is 2. The normalized spacial score (nSPS) is 13.0. The van der Waals surface area contributed by atoms with Crippen LogP contribution in [0.15, 0.2) is 21.8 Å². The Morgan fingerprint density at radius 1 is 1.50 bits per heavy atom. The molecule has 0 fully saturated rings. The third kappa shape index (κ3) is 3.17. The zero-order chi connectivity index (χ0) is 7.98. The maximum atomic E-state index is 3.89. The fraction of sp³-hybridized carbons (Fsp3) is 0.500. The molecule has 0 amide bonds. The molecule has 56 valence electrons. The van der Waals surface area contributed by atoms with Gasteiger partial charge in [-0.2, -0.15) is 0 Å². The third-order valence-corrected chi connectivity index (χ3v) is 1.19. The Balaban J connectivity index is 4.25. The van der Waals surface area contributed by atoms with Gasteiger partial charge in [-0.05, 0) is 18.2 Å². The monoisotopic (exact) mass is 138 g/mol. The lowest BCUT2D eigenvalue weighted by atomic mass is 10.1. The molecule has 0 aromatic rings. The Kier molecular flexibility index (Phi) is 4.46. The number of hydrogen-bond donors (Lipinski definition) is 0. The summed E-state index contributed by atoms with van der Waals surface area (Å²) in [6.07, 6.45) is 3.54. The largest absolute Gasteiger partial charge is 0.296 e. The number of rotatable bonds is 3. The van der Waals surface area contributed by atoms with Gasteiger partial charge in [0.25, 0.3) is 0 Å². The Morgan fingerprint density at radius 2 is 2.10 bits per heavy atom. The molecule has 0 atom stereocenters. The molecular formula is C8H14N2. The molecule has 0 N–H and O–H groups in total. The van der Waals surface area contributed by atoms with Crippen LogP contribution < -0.4 is 0 Å². The second-order valence-corrected chi connectivity index (χ2v) is 2.35. The molecule has 0 bridgehead atoms. The maximum Gasteiger partial charge on any atom is 0.0310 e. The van der Waals surface area contributed by atoms with Gasteiger partial charge >= 0.3 is 0 Å². The van der Waals surface area contributed by atoms with Crippen LogP contribution in [-0.2, 0) is 0 Å². The van der Waals surface area contributed by atoms with E-state index >= 15 is 0 Å². The zero-order valence-electron chi connectivity index (χ0n) is 6.83. The van der Waals surface area contributed by atoms with Crippen LogP contribution in [0.1, 0.15) is 13.8 Å². The fourth-order valence-corrected chi connectivity index (χ4v) is 0.586. The average Bonchev–Trinajstić information content (AvgIpc) is 1.87. The van der Waals surface area contributed by atoms with Crippen LogP contribution in [0.3, 0.4) is 0 Å². The Morgan fingerprint density at radius 3 is 2.40 bits per heavy atom. The van der Waals surface area contributed by atoms with Crippen molar-refractivity contribution in [2.45, 2.75) is 13.8 Å². The Hall–Kier alpha value is -0.920. The molecule has 0 spiro atoms. The lowest BCUT2D eigenvalue weighted by Gasteiger charge is -2.01. The first-order valence-electron chi connectivity index (χ1n) is 3.30. The molecule has 0 aromatic carbocycles. The van der Waals surface area contributed by atoms with Crippen molar-refractivity contribution < 1.29 is 0 Å². The summed E-state index contributed by atoms with van der Waals surface area (Å²) in [5.74, 6) is 0.467. The van der Waals surface area contributed by atoms with E-state index in [2.05, 4.69) is 30.5 Å². The summed E-state index contributed by atoms with van der Waals surface area (Å²) in [4.78, 5) is 7.57. The molecular weight excluding hydrogens is 124 g/mol. The van der Waals surface area contributed by atoms with E-state index < -0.39 is 0 Å². The summed E-state index contributed by atoms with van der Waals surface area (Å²) in [5.41, 5.74) is 1.11. The highest BCUT2D eigenvalue weighted by molar-refractivity contribution is 5.78. The summed E-state index contributed by atoms with van der Waals surface area (Å²) in [5, 5.41) is 0. The first-order chi connectivity index (χ1) is 4.72. The molecule has 0 aromatic heterocycles. The van der Waals surface area contributed by atoms with Crippen molar-refractivity contribution in [2.24, 2.45) is 15.9 Å². The van der Waals surface area contributed by atoms with Crippen molar-refractivity contribution >= 4 is 12.9 Å². The molecule has 0 saturated carbocycles. The van der Waals surface area contributed by atoms with Gasteiger partial charge in [-0.3, -0.25) is 9.98 Å². The molecule has 0 aliphatic carbocycles. The van der Waals surface area contributed by atoms with E-state index in [0.29, 0.717) is 5.92 Å². The first-order valence-corrected chi connectivity index (χ1v) is 3.30. The Bertz CT molecular complexity index is 155. The second-order valence-electron chi connectivity index (χ2n) is 2.35. The highest BCUT2D eigenvalue weighted by Gasteiger charge is 1.96. The van der Waals surface area contributed by atoms with Crippen LogP contribution in [0.25, 0.3) is 0 Å². The maximum absolute atomic E-state index is 3.89. The fourth-order valence-electron chi connectivity index (χ4n) is 0.586. The van der Waals surface area contributed by atoms with Crippen LogP contribution in [0.5, 0.6) is 0 Å². The predicted octanol–water partition coefficient (Wildman–Crippen LogP) is 1.93. The number of hydrogen-bond acceptors (Lipinski definition) is 2. The summed E-state index contributed by atoms with van der Waals surface area (Å²) < 4.78 is 0. The van der Waals surface area contributed by atoms with Crippen LogP contribution in [0.2, 0.25) is 0 Å². The van der Waals surface area contributed by atoms with Crippen LogP contribution >= 0.6 is 0 Å². The van der Waals surface area contributed by atoms with E-state index in [-0.39, 0.29) is 0 Å². The highest BCUT2D eigenvalue weighted by Crippen LogP contribution is 2.05. The predicted molar refractivity (Wildman–Crippen MR) is 46.9 cm³/mol. The molecule has 10 heavy (non-hydrogen) atoms.